The first-order valence-electron chi connectivity index (χ1n) is 7.11. The van der Waals surface area contributed by atoms with E-state index in [1.807, 2.05) is 0 Å². The Kier molecular flexibility index (Phi) is 10.7. The third-order valence-electron chi connectivity index (χ3n) is 3.25. The van der Waals surface area contributed by atoms with E-state index in [-0.39, 0.29) is 0 Å². The van der Waals surface area contributed by atoms with E-state index in [1.54, 1.807) is 4.90 Å². The number of nitrogens with one attached hydrogen (secondary N) is 1. The van der Waals surface area contributed by atoms with Crippen LogP contribution in [-0.4, -0.2) is 50.4 Å². The molecule has 0 radical (unpaired) electrons. The largest absolute Gasteiger partial charge is 0.745 e. The van der Waals surface area contributed by atoms with E-state index in [0.29, 0.717) is 0 Å². The highest BCUT2D eigenvalue weighted by atomic mass is 32.2. The third kappa shape index (κ3) is 8.60. The lowest BCUT2D eigenvalue weighted by atomic mass is 9.95. The van der Waals surface area contributed by atoms with E-state index in [1.165, 1.54) is 19.6 Å². The van der Waals surface area contributed by atoms with Gasteiger partial charge in [0.15, 0.2) is 5.44 Å². The van der Waals surface area contributed by atoms with Crippen LogP contribution in [0.3, 0.4) is 0 Å². The van der Waals surface area contributed by atoms with Gasteiger partial charge in [0.25, 0.3) is 6.43 Å². The maximum Gasteiger partial charge on any atom is 0.318 e. The van der Waals surface area contributed by atoms with Crippen LogP contribution in [-0.2, 0) is 19.6 Å². The topological polar surface area (TPSA) is 87.9 Å². The summed E-state index contributed by atoms with van der Waals surface area (Å²) in [5.74, 6) is -1.43. The zero-order chi connectivity index (χ0) is 18.1. The second-order valence-corrected chi connectivity index (χ2v) is 6.95. The van der Waals surface area contributed by atoms with Crippen molar-refractivity contribution in [1.82, 2.24) is 0 Å². The van der Waals surface area contributed by atoms with Gasteiger partial charge in [0.2, 0.25) is 0 Å². The number of esters is 1. The highest BCUT2D eigenvalue weighted by molar-refractivity contribution is 7.86. The Morgan fingerprint density at radius 1 is 1.18 bits per heavy atom. The van der Waals surface area contributed by atoms with Gasteiger partial charge >= 0.3 is 5.97 Å². The first kappa shape index (κ1) is 23.5. The van der Waals surface area contributed by atoms with Crippen LogP contribution < -0.4 is 4.90 Å². The molecule has 9 heteroatoms. The van der Waals surface area contributed by atoms with Crippen LogP contribution in [0.1, 0.15) is 41.5 Å². The number of rotatable bonds is 7. The monoisotopic (exact) mass is 347 g/mol. The van der Waals surface area contributed by atoms with Crippen molar-refractivity contribution in [2.45, 2.75) is 53.4 Å². The van der Waals surface area contributed by atoms with E-state index in [4.69, 9.17) is 0 Å². The van der Waals surface area contributed by atoms with Crippen LogP contribution in [0, 0.1) is 5.41 Å². The summed E-state index contributed by atoms with van der Waals surface area (Å²) in [7, 11) is -4.82. The Hall–Kier alpha value is -0.800. The highest BCUT2D eigenvalue weighted by Crippen LogP contribution is 2.27. The lowest BCUT2D eigenvalue weighted by molar-refractivity contribution is -0.894. The molecule has 0 aromatic heterocycles. The number of carbonyl (C=O) groups excluding carboxylic acids is 1. The summed E-state index contributed by atoms with van der Waals surface area (Å²) in [5.41, 5.74) is -4.11. The summed E-state index contributed by atoms with van der Waals surface area (Å²) in [4.78, 5) is 12.7. The van der Waals surface area contributed by atoms with Crippen LogP contribution in [0.5, 0.6) is 0 Å². The van der Waals surface area contributed by atoms with Gasteiger partial charge in [-0.3, -0.25) is 4.79 Å². The number of carbonyl (C=O) groups is 1. The van der Waals surface area contributed by atoms with Gasteiger partial charge in [0, 0.05) is 0 Å². The van der Waals surface area contributed by atoms with Crippen molar-refractivity contribution in [3.05, 3.63) is 0 Å². The van der Waals surface area contributed by atoms with E-state index >= 15 is 0 Å². The number of alkyl halides is 2. The lowest BCUT2D eigenvalue weighted by Gasteiger charge is -2.24. The van der Waals surface area contributed by atoms with Crippen LogP contribution in [0.25, 0.3) is 0 Å². The standard InChI is InChI=1S/C7H12F2O5S.C6H15N/c1-4(15(11,12)13)14-6(10)7(2,3)5(8)9;1-4-7(5-2)6-3/h4-5H,1-3H3,(H,11,12,13);4-6H2,1-3H3. The Balaban J connectivity index is 0. The van der Waals surface area contributed by atoms with Gasteiger partial charge in [-0.1, -0.05) is 0 Å². The van der Waals surface area contributed by atoms with Crippen molar-refractivity contribution in [2.24, 2.45) is 5.41 Å². The average Bonchev–Trinajstić information content (AvgIpc) is 2.40. The number of ether oxygens (including phenoxy) is 1. The number of hydrogen-bond donors (Lipinski definition) is 1. The fraction of sp³-hybridized carbons (Fsp3) is 0.923. The molecule has 0 aliphatic carbocycles. The Bertz CT molecular complexity index is 417. The molecule has 134 valence electrons. The summed E-state index contributed by atoms with van der Waals surface area (Å²) in [5, 5.41) is 0. The van der Waals surface area contributed by atoms with Gasteiger partial charge in [-0.15, -0.1) is 0 Å². The van der Waals surface area contributed by atoms with Crippen LogP contribution >= 0.6 is 0 Å². The van der Waals surface area contributed by atoms with Gasteiger partial charge in [0.05, 0.1) is 19.6 Å². The Labute approximate surface area is 131 Å². The molecule has 0 amide bonds. The van der Waals surface area contributed by atoms with Gasteiger partial charge in [-0.2, -0.15) is 0 Å². The van der Waals surface area contributed by atoms with Crippen LogP contribution in [0.2, 0.25) is 0 Å². The lowest BCUT2D eigenvalue weighted by Crippen LogP contribution is -3.11. The van der Waals surface area contributed by atoms with E-state index in [0.717, 1.165) is 20.8 Å². The molecule has 1 unspecified atom stereocenters. The average molecular weight is 347 g/mol. The van der Waals surface area contributed by atoms with Gasteiger partial charge < -0.3 is 14.2 Å². The first-order valence-corrected chi connectivity index (χ1v) is 8.59. The van der Waals surface area contributed by atoms with Crippen molar-refractivity contribution < 1.29 is 36.2 Å². The predicted molar refractivity (Wildman–Crippen MR) is 77.6 cm³/mol. The van der Waals surface area contributed by atoms with Crippen molar-refractivity contribution in [1.29, 1.82) is 0 Å². The second kappa shape index (κ2) is 10.1. The zero-order valence-electron chi connectivity index (χ0n) is 14.0. The Morgan fingerprint density at radius 3 is 1.73 bits per heavy atom. The molecular formula is C13H27F2NO5S. The van der Waals surface area contributed by atoms with E-state index in [2.05, 4.69) is 25.5 Å². The van der Waals surface area contributed by atoms with E-state index < -0.39 is 33.4 Å². The number of hydrogen-bond acceptors (Lipinski definition) is 5. The molecule has 1 atom stereocenters. The van der Waals surface area contributed by atoms with Gasteiger partial charge in [0.1, 0.15) is 15.5 Å². The quantitative estimate of drug-likeness (QED) is 0.539. The maximum absolute atomic E-state index is 12.3. The van der Waals surface area contributed by atoms with Crippen LogP contribution in [0.15, 0.2) is 0 Å². The molecule has 0 spiro atoms. The minimum atomic E-state index is -4.82. The molecule has 0 bridgehead atoms. The van der Waals surface area contributed by atoms with Crippen molar-refractivity contribution in [3.63, 3.8) is 0 Å². The number of halogens is 2. The fourth-order valence-electron chi connectivity index (χ4n) is 1.20. The molecule has 0 rings (SSSR count). The molecule has 0 aromatic rings. The molecule has 22 heavy (non-hydrogen) atoms. The molecular weight excluding hydrogens is 320 g/mol. The molecule has 0 heterocycles. The molecule has 0 aromatic carbocycles. The smallest absolute Gasteiger partial charge is 0.318 e. The molecule has 0 aliphatic heterocycles. The van der Waals surface area contributed by atoms with Crippen LogP contribution in [0.4, 0.5) is 8.78 Å². The minimum absolute atomic E-state index is 0.807. The summed E-state index contributed by atoms with van der Waals surface area (Å²) < 4.78 is 59.7. The van der Waals surface area contributed by atoms with E-state index in [9.17, 15) is 26.5 Å². The molecule has 0 aliphatic rings. The summed E-state index contributed by atoms with van der Waals surface area (Å²) >= 11 is 0. The SMILES string of the molecule is CC(OC(=O)C(C)(C)C(F)F)S(=O)(=O)[O-].CC[NH+](CC)CC. The number of quaternary nitrogens is 1. The molecule has 0 saturated heterocycles. The Morgan fingerprint density at radius 2 is 1.55 bits per heavy atom. The first-order chi connectivity index (χ1) is 9.84. The zero-order valence-corrected chi connectivity index (χ0v) is 14.8. The fourth-order valence-corrected chi connectivity index (χ4v) is 1.41. The highest BCUT2D eigenvalue weighted by Gasteiger charge is 2.40. The predicted octanol–water partition coefficient (Wildman–Crippen LogP) is 0.643. The van der Waals surface area contributed by atoms with Crippen molar-refractivity contribution in [2.75, 3.05) is 19.6 Å². The minimum Gasteiger partial charge on any atom is -0.745 e. The van der Waals surface area contributed by atoms with Gasteiger partial charge in [-0.25, -0.2) is 17.2 Å². The van der Waals surface area contributed by atoms with Gasteiger partial charge in [-0.05, 0) is 41.5 Å². The summed E-state index contributed by atoms with van der Waals surface area (Å²) in [6.45, 7) is 13.1. The third-order valence-corrected chi connectivity index (χ3v) is 4.16. The summed E-state index contributed by atoms with van der Waals surface area (Å²) in [6.07, 6.45) is -3.01. The molecule has 0 fully saturated rings. The normalized spacial score (nSPS) is 13.6. The molecule has 1 N–H and O–H groups in total. The van der Waals surface area contributed by atoms with Crippen molar-refractivity contribution in [3.8, 4) is 0 Å². The maximum atomic E-state index is 12.3. The second-order valence-electron chi connectivity index (χ2n) is 5.30. The van der Waals surface area contributed by atoms with Crippen molar-refractivity contribution >= 4 is 16.1 Å². The summed E-state index contributed by atoms with van der Waals surface area (Å²) in [6, 6.07) is 0. The molecule has 6 nitrogen and oxygen atoms in total. The molecule has 0 saturated carbocycles.